The topological polar surface area (TPSA) is 88.0 Å². The second-order valence-corrected chi connectivity index (χ2v) is 5.19. The Hall–Kier alpha value is -3.15. The van der Waals surface area contributed by atoms with Gasteiger partial charge in [-0.3, -0.25) is 4.79 Å². The second-order valence-electron chi connectivity index (χ2n) is 5.19. The highest BCUT2D eigenvalue weighted by atomic mass is 16.5. The highest BCUT2D eigenvalue weighted by Crippen LogP contribution is 2.17. The first-order valence-electron chi connectivity index (χ1n) is 7.36. The molecule has 124 valence electrons. The van der Waals surface area contributed by atoms with Crippen molar-refractivity contribution in [1.82, 2.24) is 5.43 Å². The van der Waals surface area contributed by atoms with E-state index in [1.54, 1.807) is 25.1 Å². The summed E-state index contributed by atoms with van der Waals surface area (Å²) < 4.78 is 5.60. The van der Waals surface area contributed by atoms with Gasteiger partial charge in [0, 0.05) is 0 Å². The van der Waals surface area contributed by atoms with Gasteiger partial charge in [-0.05, 0) is 43.2 Å². The first-order valence-corrected chi connectivity index (χ1v) is 7.36. The Morgan fingerprint density at radius 3 is 2.46 bits per heavy atom. The van der Waals surface area contributed by atoms with E-state index in [9.17, 15) is 9.59 Å². The maximum Gasteiger partial charge on any atom is 0.335 e. The highest BCUT2D eigenvalue weighted by molar-refractivity contribution is 5.89. The van der Waals surface area contributed by atoms with Crippen molar-refractivity contribution in [3.05, 3.63) is 65.2 Å². The number of hydrogen-bond donors (Lipinski definition) is 2. The third-order valence-corrected chi connectivity index (χ3v) is 3.31. The summed E-state index contributed by atoms with van der Waals surface area (Å²) in [6.45, 7) is 3.54. The van der Waals surface area contributed by atoms with Crippen LogP contribution in [-0.2, 0) is 4.79 Å². The van der Waals surface area contributed by atoms with Gasteiger partial charge in [0.05, 0.1) is 11.8 Å². The first kappa shape index (κ1) is 17.2. The average molecular weight is 326 g/mol. The Morgan fingerprint density at radius 1 is 1.17 bits per heavy atom. The molecule has 2 rings (SSSR count). The molecule has 0 saturated heterocycles. The molecule has 0 aliphatic carbocycles. The Labute approximate surface area is 139 Å². The van der Waals surface area contributed by atoms with Crippen LogP contribution in [0.1, 0.15) is 28.4 Å². The molecule has 0 heterocycles. The van der Waals surface area contributed by atoms with E-state index in [0.717, 1.165) is 5.56 Å². The summed E-state index contributed by atoms with van der Waals surface area (Å²) in [5.74, 6) is -0.723. The number of hydrogen-bond acceptors (Lipinski definition) is 4. The van der Waals surface area contributed by atoms with Crippen LogP contribution in [0.3, 0.4) is 0 Å². The molecule has 0 saturated carbocycles. The summed E-state index contributed by atoms with van der Waals surface area (Å²) >= 11 is 0. The molecule has 0 spiro atoms. The largest absolute Gasteiger partial charge is 0.481 e. The van der Waals surface area contributed by atoms with Crippen LogP contribution < -0.4 is 10.2 Å². The number of nitrogens with zero attached hydrogens (tertiary/aromatic N) is 1. The molecule has 6 heteroatoms. The van der Waals surface area contributed by atoms with Crippen LogP contribution in [-0.4, -0.2) is 29.3 Å². The molecule has 0 bridgehead atoms. The number of amides is 1. The Morgan fingerprint density at radius 2 is 1.83 bits per heavy atom. The second kappa shape index (κ2) is 7.92. The van der Waals surface area contributed by atoms with Gasteiger partial charge < -0.3 is 9.84 Å². The van der Waals surface area contributed by atoms with E-state index in [-0.39, 0.29) is 11.5 Å². The third kappa shape index (κ3) is 4.67. The van der Waals surface area contributed by atoms with E-state index in [1.165, 1.54) is 18.3 Å². The average Bonchev–Trinajstić information content (AvgIpc) is 2.57. The summed E-state index contributed by atoms with van der Waals surface area (Å²) in [6.07, 6.45) is 0.738. The number of para-hydroxylation sites is 1. The standard InChI is InChI=1S/C18H18N2O4/c1-12-5-3-4-6-16(12)24-13(2)17(21)20-19-11-14-7-9-15(10-8-14)18(22)23/h3-11,13H,1-2H3,(H,20,21)(H,22,23). The van der Waals surface area contributed by atoms with Gasteiger partial charge >= 0.3 is 5.97 Å². The lowest BCUT2D eigenvalue weighted by Crippen LogP contribution is -2.33. The maximum absolute atomic E-state index is 12.0. The van der Waals surface area contributed by atoms with Crippen molar-refractivity contribution >= 4 is 18.1 Å². The number of carbonyl (C=O) groups excluding carboxylic acids is 1. The number of carboxylic acid groups (broad SMARTS) is 1. The third-order valence-electron chi connectivity index (χ3n) is 3.31. The Balaban J connectivity index is 1.89. The molecule has 1 unspecified atom stereocenters. The molecule has 0 fully saturated rings. The van der Waals surface area contributed by atoms with E-state index in [4.69, 9.17) is 9.84 Å². The fraction of sp³-hybridized carbons (Fsp3) is 0.167. The lowest BCUT2D eigenvalue weighted by Gasteiger charge is -2.14. The quantitative estimate of drug-likeness (QED) is 0.631. The van der Waals surface area contributed by atoms with Crippen molar-refractivity contribution in [2.75, 3.05) is 0 Å². The molecular weight excluding hydrogens is 308 g/mol. The molecule has 0 radical (unpaired) electrons. The molecule has 2 aromatic carbocycles. The molecule has 0 aliphatic heterocycles. The number of carbonyl (C=O) groups is 2. The highest BCUT2D eigenvalue weighted by Gasteiger charge is 2.14. The predicted molar refractivity (Wildman–Crippen MR) is 90.4 cm³/mol. The van der Waals surface area contributed by atoms with E-state index < -0.39 is 12.1 Å². The smallest absolute Gasteiger partial charge is 0.335 e. The van der Waals surface area contributed by atoms with E-state index >= 15 is 0 Å². The van der Waals surface area contributed by atoms with Crippen LogP contribution in [0, 0.1) is 6.92 Å². The van der Waals surface area contributed by atoms with Crippen molar-refractivity contribution in [2.45, 2.75) is 20.0 Å². The minimum atomic E-state index is -0.992. The van der Waals surface area contributed by atoms with Gasteiger partial charge in [0.25, 0.3) is 5.91 Å². The van der Waals surface area contributed by atoms with Gasteiger partial charge in [-0.1, -0.05) is 30.3 Å². The minimum Gasteiger partial charge on any atom is -0.481 e. The van der Waals surface area contributed by atoms with Crippen molar-refractivity contribution in [3.8, 4) is 5.75 Å². The Bertz CT molecular complexity index is 754. The number of nitrogens with one attached hydrogen (secondary N) is 1. The van der Waals surface area contributed by atoms with Crippen LogP contribution in [0.2, 0.25) is 0 Å². The number of benzene rings is 2. The molecule has 2 N–H and O–H groups in total. The molecule has 1 amide bonds. The van der Waals surface area contributed by atoms with E-state index in [1.807, 2.05) is 25.1 Å². The maximum atomic E-state index is 12.0. The summed E-state index contributed by atoms with van der Waals surface area (Å²) in [5, 5.41) is 12.7. The number of aromatic carboxylic acids is 1. The minimum absolute atomic E-state index is 0.191. The van der Waals surface area contributed by atoms with Crippen LogP contribution in [0.15, 0.2) is 53.6 Å². The monoisotopic (exact) mass is 326 g/mol. The van der Waals surface area contributed by atoms with Gasteiger partial charge in [0.15, 0.2) is 6.10 Å². The number of hydrazone groups is 1. The van der Waals surface area contributed by atoms with Gasteiger partial charge in [0.2, 0.25) is 0 Å². The van der Waals surface area contributed by atoms with Crippen LogP contribution in [0.4, 0.5) is 0 Å². The summed E-state index contributed by atoms with van der Waals surface area (Å²) in [6, 6.07) is 13.6. The van der Waals surface area contributed by atoms with Gasteiger partial charge in [0.1, 0.15) is 5.75 Å². The molecule has 6 nitrogen and oxygen atoms in total. The SMILES string of the molecule is Cc1ccccc1OC(C)C(=O)NN=Cc1ccc(C(=O)O)cc1. The zero-order valence-corrected chi connectivity index (χ0v) is 13.4. The fourth-order valence-electron chi connectivity index (χ4n) is 1.91. The van der Waals surface area contributed by atoms with Gasteiger partial charge in [-0.25, -0.2) is 10.2 Å². The lowest BCUT2D eigenvalue weighted by atomic mass is 10.1. The fourth-order valence-corrected chi connectivity index (χ4v) is 1.91. The summed E-state index contributed by atoms with van der Waals surface area (Å²) in [5.41, 5.74) is 4.21. The molecule has 0 aliphatic rings. The van der Waals surface area contributed by atoms with Gasteiger partial charge in [-0.2, -0.15) is 5.10 Å². The van der Waals surface area contributed by atoms with Crippen LogP contribution in [0.25, 0.3) is 0 Å². The Kier molecular flexibility index (Phi) is 5.68. The van der Waals surface area contributed by atoms with E-state index in [0.29, 0.717) is 11.3 Å². The number of aryl methyl sites for hydroxylation is 1. The molecule has 2 aromatic rings. The van der Waals surface area contributed by atoms with Crippen molar-refractivity contribution in [2.24, 2.45) is 5.10 Å². The zero-order valence-electron chi connectivity index (χ0n) is 13.4. The van der Waals surface area contributed by atoms with Crippen molar-refractivity contribution < 1.29 is 19.4 Å². The summed E-state index contributed by atoms with van der Waals surface area (Å²) in [4.78, 5) is 22.7. The number of ether oxygens (including phenoxy) is 1. The van der Waals surface area contributed by atoms with Crippen LogP contribution in [0.5, 0.6) is 5.75 Å². The van der Waals surface area contributed by atoms with Crippen LogP contribution >= 0.6 is 0 Å². The zero-order chi connectivity index (χ0) is 17.5. The predicted octanol–water partition coefficient (Wildman–Crippen LogP) is 2.61. The van der Waals surface area contributed by atoms with Gasteiger partial charge in [-0.15, -0.1) is 0 Å². The first-order chi connectivity index (χ1) is 11.5. The molecular formula is C18H18N2O4. The lowest BCUT2D eigenvalue weighted by molar-refractivity contribution is -0.127. The molecule has 24 heavy (non-hydrogen) atoms. The summed E-state index contributed by atoms with van der Waals surface area (Å²) in [7, 11) is 0. The number of carboxylic acids is 1. The normalized spacial score (nSPS) is 11.9. The number of rotatable bonds is 6. The van der Waals surface area contributed by atoms with Crippen molar-refractivity contribution in [1.29, 1.82) is 0 Å². The molecule has 0 aromatic heterocycles. The van der Waals surface area contributed by atoms with E-state index in [2.05, 4.69) is 10.5 Å². The molecule has 1 atom stereocenters. The van der Waals surface area contributed by atoms with Crippen molar-refractivity contribution in [3.63, 3.8) is 0 Å².